The van der Waals surface area contributed by atoms with Crippen LogP contribution in [0, 0.1) is 5.82 Å². The monoisotopic (exact) mass is 392 g/mol. The second kappa shape index (κ2) is 9.59. The minimum absolute atomic E-state index is 0.0262. The van der Waals surface area contributed by atoms with E-state index in [-0.39, 0.29) is 30.7 Å². The molecule has 6 heteroatoms. The molecule has 1 amide bonds. The van der Waals surface area contributed by atoms with Crippen molar-refractivity contribution in [2.75, 3.05) is 6.61 Å². The van der Waals surface area contributed by atoms with E-state index in [4.69, 9.17) is 4.74 Å². The number of halogens is 1. The van der Waals surface area contributed by atoms with Crippen molar-refractivity contribution in [3.05, 3.63) is 89.9 Å². The molecule has 0 bridgehead atoms. The first-order valence-electron chi connectivity index (χ1n) is 9.30. The molecule has 29 heavy (non-hydrogen) atoms. The Labute approximate surface area is 168 Å². The summed E-state index contributed by atoms with van der Waals surface area (Å²) in [6.45, 7) is 2.01. The van der Waals surface area contributed by atoms with Gasteiger partial charge in [-0.1, -0.05) is 42.5 Å². The third-order valence-corrected chi connectivity index (χ3v) is 4.33. The first kappa shape index (κ1) is 20.2. The molecular weight excluding hydrogens is 371 g/mol. The van der Waals surface area contributed by atoms with E-state index < -0.39 is 6.04 Å². The predicted molar refractivity (Wildman–Crippen MR) is 108 cm³/mol. The van der Waals surface area contributed by atoms with E-state index in [0.29, 0.717) is 16.8 Å². The summed E-state index contributed by atoms with van der Waals surface area (Å²) in [6.07, 6.45) is 1.46. The number of pyridine rings is 1. The lowest BCUT2D eigenvalue weighted by atomic mass is 10.0. The highest BCUT2D eigenvalue weighted by Crippen LogP contribution is 2.20. The maximum atomic E-state index is 13.4. The van der Waals surface area contributed by atoms with Crippen molar-refractivity contribution < 1.29 is 18.7 Å². The third-order valence-electron chi connectivity index (χ3n) is 4.33. The second-order valence-corrected chi connectivity index (χ2v) is 6.39. The Morgan fingerprint density at radius 3 is 2.52 bits per heavy atom. The van der Waals surface area contributed by atoms with E-state index in [9.17, 15) is 14.0 Å². The zero-order valence-electron chi connectivity index (χ0n) is 16.0. The molecule has 3 rings (SSSR count). The third kappa shape index (κ3) is 5.48. The molecular formula is C23H21FN2O3. The normalized spacial score (nSPS) is 11.5. The Hall–Kier alpha value is -3.54. The zero-order chi connectivity index (χ0) is 20.6. The summed E-state index contributed by atoms with van der Waals surface area (Å²) in [6, 6.07) is 18.1. The van der Waals surface area contributed by atoms with Crippen molar-refractivity contribution in [2.24, 2.45) is 0 Å². The van der Waals surface area contributed by atoms with Gasteiger partial charge >= 0.3 is 5.97 Å². The van der Waals surface area contributed by atoms with E-state index in [1.807, 2.05) is 30.3 Å². The minimum atomic E-state index is -0.523. The number of esters is 1. The molecule has 1 unspecified atom stereocenters. The number of aromatic nitrogens is 1. The summed E-state index contributed by atoms with van der Waals surface area (Å²) in [5.74, 6) is -1.10. The van der Waals surface area contributed by atoms with Crippen LogP contribution in [0.4, 0.5) is 4.39 Å². The lowest BCUT2D eigenvalue weighted by Crippen LogP contribution is -2.30. The maximum Gasteiger partial charge on any atom is 0.308 e. The second-order valence-electron chi connectivity index (χ2n) is 6.39. The highest BCUT2D eigenvalue weighted by atomic mass is 19.1. The summed E-state index contributed by atoms with van der Waals surface area (Å²) >= 11 is 0. The molecule has 0 spiro atoms. The smallest absolute Gasteiger partial charge is 0.308 e. The van der Waals surface area contributed by atoms with E-state index in [1.54, 1.807) is 31.2 Å². The van der Waals surface area contributed by atoms with Crippen molar-refractivity contribution in [1.29, 1.82) is 0 Å². The fraction of sp³-hybridized carbons (Fsp3) is 0.174. The number of nitrogens with zero attached hydrogens (tertiary/aromatic N) is 1. The van der Waals surface area contributed by atoms with Gasteiger partial charge in [0.2, 0.25) is 0 Å². The maximum absolute atomic E-state index is 13.4. The van der Waals surface area contributed by atoms with Crippen LogP contribution in [-0.2, 0) is 9.53 Å². The van der Waals surface area contributed by atoms with E-state index in [2.05, 4.69) is 10.3 Å². The minimum Gasteiger partial charge on any atom is -0.466 e. The van der Waals surface area contributed by atoms with Gasteiger partial charge in [0.25, 0.3) is 5.91 Å². The van der Waals surface area contributed by atoms with Crippen molar-refractivity contribution in [3.63, 3.8) is 0 Å². The molecule has 1 aromatic heterocycles. The predicted octanol–water partition coefficient (Wildman–Crippen LogP) is 4.31. The largest absolute Gasteiger partial charge is 0.466 e. The van der Waals surface area contributed by atoms with Crippen molar-refractivity contribution in [2.45, 2.75) is 19.4 Å². The van der Waals surface area contributed by atoms with E-state index >= 15 is 0 Å². The van der Waals surface area contributed by atoms with Gasteiger partial charge in [-0.2, -0.15) is 0 Å². The summed E-state index contributed by atoms with van der Waals surface area (Å²) in [4.78, 5) is 28.9. The molecule has 3 aromatic rings. The topological polar surface area (TPSA) is 68.3 Å². The van der Waals surface area contributed by atoms with Gasteiger partial charge in [0.05, 0.1) is 30.3 Å². The standard InChI is InChI=1S/C23H21FN2O3/c1-2-29-22(27)14-21(16-7-4-3-5-8-16)26-23(28)18-11-12-20(25-15-18)17-9-6-10-19(24)13-17/h3-13,15,21H,2,14H2,1H3,(H,26,28). The average molecular weight is 392 g/mol. The van der Waals surface area contributed by atoms with Crippen LogP contribution in [0.1, 0.15) is 35.3 Å². The van der Waals surface area contributed by atoms with Gasteiger partial charge in [0, 0.05) is 11.8 Å². The van der Waals surface area contributed by atoms with Crippen LogP contribution in [0.15, 0.2) is 72.9 Å². The van der Waals surface area contributed by atoms with Crippen molar-refractivity contribution >= 4 is 11.9 Å². The number of hydrogen-bond donors (Lipinski definition) is 1. The van der Waals surface area contributed by atoms with Crippen LogP contribution in [0.5, 0.6) is 0 Å². The van der Waals surface area contributed by atoms with Crippen molar-refractivity contribution in [3.8, 4) is 11.3 Å². The van der Waals surface area contributed by atoms with E-state index in [1.165, 1.54) is 18.3 Å². The summed E-state index contributed by atoms with van der Waals surface area (Å²) in [7, 11) is 0. The molecule has 1 heterocycles. The number of benzene rings is 2. The number of carbonyl (C=O) groups is 2. The highest BCUT2D eigenvalue weighted by molar-refractivity contribution is 5.94. The van der Waals surface area contributed by atoms with Gasteiger partial charge in [0.1, 0.15) is 5.82 Å². The molecule has 0 radical (unpaired) electrons. The zero-order valence-corrected chi connectivity index (χ0v) is 16.0. The molecule has 0 aliphatic heterocycles. The van der Waals surface area contributed by atoms with Gasteiger partial charge in [-0.05, 0) is 36.8 Å². The van der Waals surface area contributed by atoms with Gasteiger partial charge in [-0.15, -0.1) is 0 Å². The lowest BCUT2D eigenvalue weighted by molar-refractivity contribution is -0.143. The van der Waals surface area contributed by atoms with Gasteiger partial charge in [-0.3, -0.25) is 14.6 Å². The fourth-order valence-electron chi connectivity index (χ4n) is 2.91. The number of nitrogens with one attached hydrogen (secondary N) is 1. The number of carbonyl (C=O) groups excluding carboxylic acids is 2. The summed E-state index contributed by atoms with van der Waals surface area (Å²) in [5.41, 5.74) is 2.34. The first-order chi connectivity index (χ1) is 14.1. The fourth-order valence-corrected chi connectivity index (χ4v) is 2.91. The van der Waals surface area contributed by atoms with Gasteiger partial charge < -0.3 is 10.1 Å². The number of rotatable bonds is 7. The van der Waals surface area contributed by atoms with Crippen molar-refractivity contribution in [1.82, 2.24) is 10.3 Å². The Morgan fingerprint density at radius 2 is 1.86 bits per heavy atom. The average Bonchev–Trinajstić information content (AvgIpc) is 2.74. The van der Waals surface area contributed by atoms with Crippen LogP contribution in [0.2, 0.25) is 0 Å². The Bertz CT molecular complexity index is 975. The number of ether oxygens (including phenoxy) is 1. The molecule has 0 saturated heterocycles. The summed E-state index contributed by atoms with van der Waals surface area (Å²) in [5, 5.41) is 2.87. The van der Waals surface area contributed by atoms with Gasteiger partial charge in [0.15, 0.2) is 0 Å². The molecule has 0 aliphatic rings. The molecule has 1 N–H and O–H groups in total. The summed E-state index contributed by atoms with van der Waals surface area (Å²) < 4.78 is 18.4. The van der Waals surface area contributed by atoms with Crippen LogP contribution >= 0.6 is 0 Å². The molecule has 0 fully saturated rings. The Kier molecular flexibility index (Phi) is 6.68. The molecule has 5 nitrogen and oxygen atoms in total. The molecule has 148 valence electrons. The first-order valence-corrected chi connectivity index (χ1v) is 9.30. The molecule has 0 saturated carbocycles. The SMILES string of the molecule is CCOC(=O)CC(NC(=O)c1ccc(-c2cccc(F)c2)nc1)c1ccccc1. The van der Waals surface area contributed by atoms with Crippen LogP contribution < -0.4 is 5.32 Å². The quantitative estimate of drug-likeness (QED) is 0.609. The Morgan fingerprint density at radius 1 is 1.07 bits per heavy atom. The molecule has 2 aromatic carbocycles. The van der Waals surface area contributed by atoms with Crippen LogP contribution in [0.3, 0.4) is 0 Å². The van der Waals surface area contributed by atoms with E-state index in [0.717, 1.165) is 5.56 Å². The van der Waals surface area contributed by atoms with Crippen LogP contribution in [0.25, 0.3) is 11.3 Å². The van der Waals surface area contributed by atoms with Crippen LogP contribution in [-0.4, -0.2) is 23.5 Å². The molecule has 0 aliphatic carbocycles. The number of amides is 1. The lowest BCUT2D eigenvalue weighted by Gasteiger charge is -2.18. The van der Waals surface area contributed by atoms with Gasteiger partial charge in [-0.25, -0.2) is 4.39 Å². The molecule has 1 atom stereocenters. The number of hydrogen-bond acceptors (Lipinski definition) is 4. The highest BCUT2D eigenvalue weighted by Gasteiger charge is 2.20. The Balaban J connectivity index is 1.76.